The Morgan fingerprint density at radius 3 is 2.00 bits per heavy atom. The molecule has 0 atom stereocenters. The second-order valence-electron chi connectivity index (χ2n) is 14.1. The van der Waals surface area contributed by atoms with Gasteiger partial charge in [-0.25, -0.2) is 0 Å². The number of aliphatic hydroxyl groups is 1. The molecule has 0 saturated carbocycles. The SMILES string of the molecule is CCC(C)(CC)C(=O)/C=C(\O)C(C)(CC)CC.CCC(CC)c1c(C)ccc2[c-]c(-c3nccc4c3ccc3cc(C)ccc34)ccc12.[Ir]. The van der Waals surface area contributed by atoms with Crippen LogP contribution in [0.1, 0.15) is 117 Å². The van der Waals surface area contributed by atoms with E-state index in [4.69, 9.17) is 4.98 Å². The molecule has 4 aromatic carbocycles. The quantitative estimate of drug-likeness (QED) is 0.0624. The van der Waals surface area contributed by atoms with E-state index in [1.54, 1.807) is 0 Å². The first-order chi connectivity index (χ1) is 22.9. The Morgan fingerprint density at radius 1 is 0.776 bits per heavy atom. The normalized spacial score (nSPS) is 12.3. The van der Waals surface area contributed by atoms with E-state index in [1.807, 2.05) is 47.7 Å². The van der Waals surface area contributed by atoms with Crippen LogP contribution in [-0.2, 0) is 24.9 Å². The number of allylic oxidation sites excluding steroid dienone is 2. The van der Waals surface area contributed by atoms with E-state index in [2.05, 4.69) is 94.4 Å². The van der Waals surface area contributed by atoms with Gasteiger partial charge in [0.15, 0.2) is 5.78 Å². The zero-order valence-corrected chi connectivity index (χ0v) is 33.8. The summed E-state index contributed by atoms with van der Waals surface area (Å²) in [7, 11) is 0. The number of benzene rings is 4. The van der Waals surface area contributed by atoms with Gasteiger partial charge in [-0.15, -0.1) is 29.7 Å². The number of rotatable bonds is 11. The third-order valence-corrected chi connectivity index (χ3v) is 11.4. The number of carbonyl (C=O) groups is 1. The number of fused-ring (bicyclic) bond motifs is 4. The van der Waals surface area contributed by atoms with Crippen molar-refractivity contribution in [1.29, 1.82) is 0 Å². The van der Waals surface area contributed by atoms with Crippen molar-refractivity contribution in [2.24, 2.45) is 10.8 Å². The molecule has 1 heterocycles. The fraction of sp³-hybridized carbons (Fsp3) is 0.422. The molecule has 0 aliphatic carbocycles. The number of aromatic nitrogens is 1. The van der Waals surface area contributed by atoms with Gasteiger partial charge in [0.25, 0.3) is 0 Å². The summed E-state index contributed by atoms with van der Waals surface area (Å²) in [6.07, 6.45) is 9.01. The molecule has 0 amide bonds. The van der Waals surface area contributed by atoms with Gasteiger partial charge in [-0.2, -0.15) is 0 Å². The molecular weight excluding hydrogens is 779 g/mol. The molecule has 1 radical (unpaired) electrons. The van der Waals surface area contributed by atoms with Crippen LogP contribution in [0.5, 0.6) is 0 Å². The summed E-state index contributed by atoms with van der Waals surface area (Å²) in [6, 6.07) is 25.9. The molecule has 5 aromatic rings. The Labute approximate surface area is 309 Å². The van der Waals surface area contributed by atoms with Gasteiger partial charge in [0.05, 0.1) is 0 Å². The summed E-state index contributed by atoms with van der Waals surface area (Å²) in [5.74, 6) is 0.877. The maximum atomic E-state index is 12.2. The van der Waals surface area contributed by atoms with Crippen molar-refractivity contribution in [3.63, 3.8) is 0 Å². The van der Waals surface area contributed by atoms with Gasteiger partial charge in [0.2, 0.25) is 0 Å². The molecule has 0 aliphatic rings. The summed E-state index contributed by atoms with van der Waals surface area (Å²) < 4.78 is 0. The maximum Gasteiger partial charge on any atom is 0.164 e. The molecule has 0 fully saturated rings. The van der Waals surface area contributed by atoms with Crippen LogP contribution in [-0.4, -0.2) is 15.9 Å². The summed E-state index contributed by atoms with van der Waals surface area (Å²) >= 11 is 0. The molecule has 263 valence electrons. The Balaban J connectivity index is 0.000000312. The van der Waals surface area contributed by atoms with Gasteiger partial charge in [-0.05, 0) is 85.9 Å². The Kier molecular flexibility index (Phi) is 14.0. The Bertz CT molecular complexity index is 1930. The average molecular weight is 835 g/mol. The second-order valence-corrected chi connectivity index (χ2v) is 14.1. The van der Waals surface area contributed by atoms with Crippen LogP contribution in [0.4, 0.5) is 0 Å². The first-order valence-corrected chi connectivity index (χ1v) is 18.1. The van der Waals surface area contributed by atoms with Gasteiger partial charge < -0.3 is 5.11 Å². The first-order valence-electron chi connectivity index (χ1n) is 18.1. The predicted octanol–water partition coefficient (Wildman–Crippen LogP) is 13.2. The van der Waals surface area contributed by atoms with Crippen molar-refractivity contribution in [2.45, 2.75) is 114 Å². The monoisotopic (exact) mass is 835 g/mol. The zero-order valence-electron chi connectivity index (χ0n) is 31.4. The third-order valence-electron chi connectivity index (χ3n) is 11.4. The van der Waals surface area contributed by atoms with E-state index in [1.165, 1.54) is 55.1 Å². The van der Waals surface area contributed by atoms with Gasteiger partial charge in [-0.1, -0.05) is 119 Å². The Hall–Kier alpha value is -3.33. The van der Waals surface area contributed by atoms with Crippen molar-refractivity contribution in [2.75, 3.05) is 0 Å². The van der Waals surface area contributed by atoms with E-state index >= 15 is 0 Å². The summed E-state index contributed by atoms with van der Waals surface area (Å²) in [4.78, 5) is 17.0. The fourth-order valence-corrected chi connectivity index (χ4v) is 6.78. The number of hydrogen-bond acceptors (Lipinski definition) is 3. The van der Waals surface area contributed by atoms with Crippen LogP contribution >= 0.6 is 0 Å². The van der Waals surface area contributed by atoms with Crippen LogP contribution in [0, 0.1) is 30.7 Å². The molecule has 49 heavy (non-hydrogen) atoms. The molecule has 0 saturated heterocycles. The first kappa shape index (κ1) is 40.1. The number of hydrogen-bond donors (Lipinski definition) is 1. The number of aryl methyl sites for hydroxylation is 2. The average Bonchev–Trinajstić information content (AvgIpc) is 3.11. The van der Waals surface area contributed by atoms with Crippen LogP contribution in [0.2, 0.25) is 0 Å². The number of nitrogens with zero attached hydrogens (tertiary/aromatic N) is 1. The second kappa shape index (κ2) is 17.1. The van der Waals surface area contributed by atoms with Crippen LogP contribution < -0.4 is 0 Å². The summed E-state index contributed by atoms with van der Waals surface area (Å²) in [5, 5.41) is 17.6. The molecule has 0 unspecified atom stereocenters. The van der Waals surface area contributed by atoms with Crippen molar-refractivity contribution < 1.29 is 30.0 Å². The van der Waals surface area contributed by atoms with E-state index in [-0.39, 0.29) is 42.5 Å². The molecule has 0 aliphatic heterocycles. The van der Waals surface area contributed by atoms with Crippen LogP contribution in [0.3, 0.4) is 0 Å². The standard InChI is InChI=1S/C30H28N.C15H28O2.Ir/c1-5-21(6-2)29-20(4)8-9-23-18-24(11-13-26(23)29)30-28-14-10-22-17-19(3)7-12-25(22)27(28)15-16-31-30;1-7-14(5,8-2)12(16)11-13(17)15(6,9-3)10-4;/h7-17,21H,5-6H2,1-4H3;11,16H,7-10H2,1-6H3;/q-1;;/b;12-11-;. The molecular formula is C45H56IrNO2-. The number of pyridine rings is 1. The minimum absolute atomic E-state index is 0. The minimum Gasteiger partial charge on any atom is -0.512 e. The molecule has 1 aromatic heterocycles. The molecule has 1 N–H and O–H groups in total. The van der Waals surface area contributed by atoms with Crippen molar-refractivity contribution >= 4 is 38.1 Å². The van der Waals surface area contributed by atoms with Gasteiger partial charge in [-0.3, -0.25) is 9.78 Å². The van der Waals surface area contributed by atoms with Crippen molar-refractivity contribution in [1.82, 2.24) is 4.98 Å². The van der Waals surface area contributed by atoms with Gasteiger partial charge in [0, 0.05) is 48.9 Å². The molecule has 4 heteroatoms. The van der Waals surface area contributed by atoms with Crippen LogP contribution in [0.15, 0.2) is 78.7 Å². The van der Waals surface area contributed by atoms with E-state index in [9.17, 15) is 9.90 Å². The van der Waals surface area contributed by atoms with E-state index < -0.39 is 0 Å². The van der Waals surface area contributed by atoms with E-state index in [0.717, 1.165) is 49.8 Å². The number of aliphatic hydroxyl groups excluding tert-OH is 1. The topological polar surface area (TPSA) is 50.2 Å². The minimum atomic E-state index is -0.337. The summed E-state index contributed by atoms with van der Waals surface area (Å²) in [6.45, 7) is 21.0. The molecule has 0 bridgehead atoms. The van der Waals surface area contributed by atoms with Crippen LogP contribution in [0.25, 0.3) is 43.6 Å². The maximum absolute atomic E-state index is 12.2. The van der Waals surface area contributed by atoms with E-state index in [0.29, 0.717) is 5.92 Å². The number of ketones is 1. The largest absolute Gasteiger partial charge is 0.512 e. The van der Waals surface area contributed by atoms with Gasteiger partial charge >= 0.3 is 0 Å². The molecule has 3 nitrogen and oxygen atoms in total. The zero-order chi connectivity index (χ0) is 35.2. The van der Waals surface area contributed by atoms with Crippen molar-refractivity contribution in [3.05, 3.63) is 101 Å². The third kappa shape index (κ3) is 8.35. The van der Waals surface area contributed by atoms with Crippen molar-refractivity contribution in [3.8, 4) is 11.3 Å². The molecule has 0 spiro atoms. The Morgan fingerprint density at radius 2 is 1.39 bits per heavy atom. The van der Waals surface area contributed by atoms with Gasteiger partial charge in [0.1, 0.15) is 5.76 Å². The fourth-order valence-electron chi connectivity index (χ4n) is 6.78. The molecule has 5 rings (SSSR count). The predicted molar refractivity (Wildman–Crippen MR) is 207 cm³/mol. The number of carbonyl (C=O) groups excluding carboxylic acids is 1. The smallest absolute Gasteiger partial charge is 0.164 e. The summed E-state index contributed by atoms with van der Waals surface area (Å²) in [5.41, 5.74) is 5.61.